The molecule has 0 amide bonds. The maximum absolute atomic E-state index is 12.9. The minimum atomic E-state index is 0.0141. The van der Waals surface area contributed by atoms with Crippen molar-refractivity contribution in [2.75, 3.05) is 7.11 Å². The first-order chi connectivity index (χ1) is 11.3. The highest BCUT2D eigenvalue weighted by Crippen LogP contribution is 2.34. The fourth-order valence-electron chi connectivity index (χ4n) is 2.62. The molecular formula is C20H24ClO2P. The third kappa shape index (κ3) is 4.18. The van der Waals surface area contributed by atoms with Crippen LogP contribution in [0.4, 0.5) is 0 Å². The molecule has 0 fully saturated rings. The highest BCUT2D eigenvalue weighted by molar-refractivity contribution is 7.66. The normalized spacial score (nSPS) is 11.7. The summed E-state index contributed by atoms with van der Waals surface area (Å²) in [6.07, 6.45) is 0. The van der Waals surface area contributed by atoms with Crippen LogP contribution in [0.2, 0.25) is 5.02 Å². The van der Waals surface area contributed by atoms with Gasteiger partial charge in [0.1, 0.15) is 5.75 Å². The van der Waals surface area contributed by atoms with Gasteiger partial charge in [-0.15, -0.1) is 0 Å². The van der Waals surface area contributed by atoms with Gasteiger partial charge in [-0.3, -0.25) is 4.79 Å². The summed E-state index contributed by atoms with van der Waals surface area (Å²) in [7, 11) is 1.59. The molecule has 0 saturated heterocycles. The second-order valence-corrected chi connectivity index (χ2v) is 8.08. The molecule has 0 saturated carbocycles. The zero-order valence-corrected chi connectivity index (χ0v) is 16.6. The summed E-state index contributed by atoms with van der Waals surface area (Å²) in [6, 6.07) is 11.8. The number of carbonyl (C=O) groups excluding carboxylic acids is 1. The van der Waals surface area contributed by atoms with Gasteiger partial charge in [0, 0.05) is 0 Å². The van der Waals surface area contributed by atoms with Crippen molar-refractivity contribution in [1.29, 1.82) is 0 Å². The third-order valence-electron chi connectivity index (χ3n) is 4.04. The van der Waals surface area contributed by atoms with E-state index in [1.54, 1.807) is 25.3 Å². The molecule has 0 bridgehead atoms. The largest absolute Gasteiger partial charge is 0.496 e. The minimum absolute atomic E-state index is 0.0141. The molecule has 0 N–H and O–H groups in total. The first kappa shape index (κ1) is 19.0. The van der Waals surface area contributed by atoms with Gasteiger partial charge in [0.15, 0.2) is 5.52 Å². The van der Waals surface area contributed by atoms with Gasteiger partial charge in [0.2, 0.25) is 0 Å². The summed E-state index contributed by atoms with van der Waals surface area (Å²) in [5.74, 6) is 1.33. The SMILES string of the molecule is COc1cccc(Cl)c1C(=O)Pc1cc(C(C)C)ccc1C(C)C. The van der Waals surface area contributed by atoms with Gasteiger partial charge in [0.25, 0.3) is 0 Å². The van der Waals surface area contributed by atoms with Crippen molar-refractivity contribution in [3.8, 4) is 5.75 Å². The van der Waals surface area contributed by atoms with Crippen molar-refractivity contribution in [3.63, 3.8) is 0 Å². The Labute approximate surface area is 151 Å². The molecule has 0 aliphatic carbocycles. The van der Waals surface area contributed by atoms with Crippen LogP contribution < -0.4 is 10.0 Å². The van der Waals surface area contributed by atoms with Gasteiger partial charge in [-0.25, -0.2) is 0 Å². The highest BCUT2D eigenvalue weighted by Gasteiger charge is 2.19. The van der Waals surface area contributed by atoms with Gasteiger partial charge < -0.3 is 4.74 Å². The van der Waals surface area contributed by atoms with E-state index in [-0.39, 0.29) is 14.1 Å². The Morgan fingerprint density at radius 3 is 2.38 bits per heavy atom. The monoisotopic (exact) mass is 362 g/mol. The number of methoxy groups -OCH3 is 1. The lowest BCUT2D eigenvalue weighted by atomic mass is 9.97. The number of hydrogen-bond donors (Lipinski definition) is 0. The van der Waals surface area contributed by atoms with Gasteiger partial charge in [-0.2, -0.15) is 0 Å². The van der Waals surface area contributed by atoms with Crippen molar-refractivity contribution in [2.24, 2.45) is 0 Å². The van der Waals surface area contributed by atoms with Crippen LogP contribution in [0.15, 0.2) is 36.4 Å². The zero-order chi connectivity index (χ0) is 17.9. The topological polar surface area (TPSA) is 26.3 Å². The molecule has 24 heavy (non-hydrogen) atoms. The highest BCUT2D eigenvalue weighted by atomic mass is 35.5. The Bertz CT molecular complexity index is 738. The van der Waals surface area contributed by atoms with Crippen LogP contribution in [0.3, 0.4) is 0 Å². The van der Waals surface area contributed by atoms with Crippen LogP contribution in [-0.2, 0) is 0 Å². The van der Waals surface area contributed by atoms with Crippen LogP contribution in [-0.4, -0.2) is 12.6 Å². The molecule has 2 aromatic carbocycles. The maximum Gasteiger partial charge on any atom is 0.190 e. The summed E-state index contributed by atoms with van der Waals surface area (Å²) in [6.45, 7) is 8.63. The molecule has 0 radical (unpaired) electrons. The minimum Gasteiger partial charge on any atom is -0.496 e. The third-order valence-corrected chi connectivity index (χ3v) is 5.53. The van der Waals surface area contributed by atoms with Crippen LogP contribution in [0.25, 0.3) is 0 Å². The first-order valence-electron chi connectivity index (χ1n) is 8.12. The van der Waals surface area contributed by atoms with Crippen molar-refractivity contribution >= 4 is 31.0 Å². The lowest BCUT2D eigenvalue weighted by molar-refractivity contribution is 0.108. The first-order valence-corrected chi connectivity index (χ1v) is 9.50. The van der Waals surface area contributed by atoms with E-state index in [0.717, 1.165) is 5.30 Å². The fraction of sp³-hybridized carbons (Fsp3) is 0.350. The van der Waals surface area contributed by atoms with Crippen LogP contribution >= 0.6 is 20.2 Å². The quantitative estimate of drug-likeness (QED) is 0.612. The molecule has 128 valence electrons. The lowest BCUT2D eigenvalue weighted by Gasteiger charge is -2.16. The molecule has 0 aliphatic rings. The van der Waals surface area contributed by atoms with E-state index in [0.29, 0.717) is 28.2 Å². The number of ether oxygens (including phenoxy) is 1. The molecule has 0 heterocycles. The molecule has 0 aromatic heterocycles. The molecular weight excluding hydrogens is 339 g/mol. The predicted molar refractivity (Wildman–Crippen MR) is 105 cm³/mol. The van der Waals surface area contributed by atoms with Gasteiger partial charge in [0.05, 0.1) is 17.7 Å². The van der Waals surface area contributed by atoms with Gasteiger partial charge in [-0.05, 0) is 49.0 Å². The van der Waals surface area contributed by atoms with Crippen LogP contribution in [0.5, 0.6) is 5.75 Å². The van der Waals surface area contributed by atoms with Gasteiger partial charge in [-0.1, -0.05) is 63.6 Å². The Kier molecular flexibility index (Phi) is 6.43. The smallest absolute Gasteiger partial charge is 0.190 e. The van der Waals surface area contributed by atoms with Crippen LogP contribution in [0, 0.1) is 0 Å². The fourth-order valence-corrected chi connectivity index (χ4v) is 4.34. The Morgan fingerprint density at radius 1 is 1.08 bits per heavy atom. The predicted octanol–water partition coefficient (Wildman–Crippen LogP) is 5.74. The van der Waals surface area contributed by atoms with Crippen LogP contribution in [0.1, 0.15) is 61.0 Å². The van der Waals surface area contributed by atoms with E-state index in [9.17, 15) is 4.79 Å². The average molecular weight is 363 g/mol. The number of carbonyl (C=O) groups is 1. The second kappa shape index (κ2) is 8.14. The molecule has 0 aliphatic heterocycles. The van der Waals surface area contributed by atoms with E-state index in [4.69, 9.17) is 16.3 Å². The number of hydrogen-bond acceptors (Lipinski definition) is 2. The second-order valence-electron chi connectivity index (χ2n) is 6.43. The summed E-state index contributed by atoms with van der Waals surface area (Å²) < 4.78 is 5.32. The number of rotatable bonds is 6. The number of halogens is 1. The molecule has 1 unspecified atom stereocenters. The zero-order valence-electron chi connectivity index (χ0n) is 14.8. The summed E-state index contributed by atoms with van der Waals surface area (Å²) in [5, 5.41) is 1.54. The van der Waals surface area contributed by atoms with Crippen molar-refractivity contribution in [3.05, 3.63) is 58.1 Å². The molecule has 2 nitrogen and oxygen atoms in total. The maximum atomic E-state index is 12.9. The van der Waals surface area contributed by atoms with E-state index in [1.807, 2.05) is 0 Å². The van der Waals surface area contributed by atoms with E-state index in [2.05, 4.69) is 45.9 Å². The molecule has 2 aromatic rings. The Morgan fingerprint density at radius 2 is 1.79 bits per heavy atom. The number of benzene rings is 2. The van der Waals surface area contributed by atoms with Gasteiger partial charge >= 0.3 is 0 Å². The average Bonchev–Trinajstić information content (AvgIpc) is 2.53. The standard InChI is InChI=1S/C20H24ClO2P/c1-12(2)14-9-10-15(13(3)4)18(11-14)24-20(22)19-16(21)7-6-8-17(19)23-5/h6-13,24H,1-5H3. The summed E-state index contributed by atoms with van der Waals surface area (Å²) in [4.78, 5) is 12.9. The van der Waals surface area contributed by atoms with Crippen molar-refractivity contribution < 1.29 is 9.53 Å². The Hall–Kier alpha value is -1.37. The van der Waals surface area contributed by atoms with E-state index < -0.39 is 0 Å². The Balaban J connectivity index is 2.43. The summed E-state index contributed by atoms with van der Waals surface area (Å²) >= 11 is 6.26. The van der Waals surface area contributed by atoms with Crippen molar-refractivity contribution in [2.45, 2.75) is 39.5 Å². The molecule has 1 atom stereocenters. The molecule has 0 spiro atoms. The van der Waals surface area contributed by atoms with Crippen molar-refractivity contribution in [1.82, 2.24) is 0 Å². The summed E-state index contributed by atoms with van der Waals surface area (Å²) in [5.41, 5.74) is 2.96. The lowest BCUT2D eigenvalue weighted by Crippen LogP contribution is -2.11. The molecule has 4 heteroatoms. The van der Waals surface area contributed by atoms with E-state index >= 15 is 0 Å². The molecule has 2 rings (SSSR count). The van der Waals surface area contributed by atoms with E-state index in [1.165, 1.54) is 11.1 Å².